The molecule has 0 radical (unpaired) electrons. The highest BCUT2D eigenvalue weighted by molar-refractivity contribution is 7.94. The molecule has 0 saturated heterocycles. The number of ether oxygens (including phenoxy) is 1. The second-order valence-electron chi connectivity index (χ2n) is 4.52. The van der Waals surface area contributed by atoms with Crippen LogP contribution >= 0.6 is 11.3 Å². The summed E-state index contributed by atoms with van der Waals surface area (Å²) in [4.78, 5) is 11.6. The molecule has 1 heterocycles. The molecule has 1 aromatic heterocycles. The number of hydrogen-bond donors (Lipinski definition) is 0. The number of nitrogens with zero attached hydrogens (tertiary/aromatic N) is 2. The third-order valence-corrected chi connectivity index (χ3v) is 6.19. The molecule has 0 N–H and O–H groups in total. The molecular weight excluding hydrogens is 336 g/mol. The van der Waals surface area contributed by atoms with Crippen molar-refractivity contribution >= 4 is 33.0 Å². The smallest absolute Gasteiger partial charge is 0.326 e. The van der Waals surface area contributed by atoms with Crippen LogP contribution in [0.1, 0.15) is 5.56 Å². The molecule has 8 heteroatoms. The summed E-state index contributed by atoms with van der Waals surface area (Å²) in [6.07, 6.45) is 0.231. The Morgan fingerprint density at radius 2 is 2.00 bits per heavy atom. The van der Waals surface area contributed by atoms with Gasteiger partial charge in [0.15, 0.2) is 0 Å². The summed E-state index contributed by atoms with van der Waals surface area (Å²) in [5.74, 6) is -0.661. The third kappa shape index (κ3) is 3.88. The highest BCUT2D eigenvalue weighted by atomic mass is 32.2. The van der Waals surface area contributed by atoms with Gasteiger partial charge in [-0.3, -0.25) is 9.10 Å². The predicted octanol–water partition coefficient (Wildman–Crippen LogP) is 2.18. The fourth-order valence-corrected chi connectivity index (χ4v) is 4.40. The molecule has 0 saturated carbocycles. The first-order chi connectivity index (χ1) is 11.0. The van der Waals surface area contributed by atoms with Crippen LogP contribution in [0.15, 0.2) is 46.0 Å². The summed E-state index contributed by atoms with van der Waals surface area (Å²) in [5.41, 5.74) is 1.10. The van der Waals surface area contributed by atoms with E-state index in [1.165, 1.54) is 13.2 Å². The van der Waals surface area contributed by atoms with Crippen LogP contribution in [0.5, 0.6) is 0 Å². The Labute approximate surface area is 138 Å². The number of carbonyl (C=O) groups excluding carboxylic acids is 1. The van der Waals surface area contributed by atoms with Crippen LogP contribution in [0.3, 0.4) is 0 Å². The van der Waals surface area contributed by atoms with Gasteiger partial charge in [0.05, 0.1) is 25.3 Å². The van der Waals surface area contributed by atoms with Crippen molar-refractivity contribution in [3.63, 3.8) is 0 Å². The molecular formula is C15H14N2O4S2. The average molecular weight is 350 g/mol. The Bertz CT molecular complexity index is 806. The predicted molar refractivity (Wildman–Crippen MR) is 86.6 cm³/mol. The topological polar surface area (TPSA) is 87.5 Å². The monoisotopic (exact) mass is 350 g/mol. The van der Waals surface area contributed by atoms with Crippen LogP contribution < -0.4 is 4.31 Å². The van der Waals surface area contributed by atoms with Gasteiger partial charge in [-0.25, -0.2) is 8.42 Å². The first kappa shape index (κ1) is 17.0. The van der Waals surface area contributed by atoms with Crippen molar-refractivity contribution in [2.45, 2.75) is 10.6 Å². The average Bonchev–Trinajstić information content (AvgIpc) is 3.08. The Morgan fingerprint density at radius 1 is 1.30 bits per heavy atom. The van der Waals surface area contributed by atoms with Crippen LogP contribution in [0.4, 0.5) is 5.69 Å². The lowest BCUT2D eigenvalue weighted by atomic mass is 10.1. The van der Waals surface area contributed by atoms with Crippen molar-refractivity contribution in [3.05, 3.63) is 47.3 Å². The summed E-state index contributed by atoms with van der Waals surface area (Å²) < 4.78 is 31.2. The molecule has 2 aromatic rings. The minimum atomic E-state index is -3.86. The van der Waals surface area contributed by atoms with E-state index < -0.39 is 22.5 Å². The normalized spacial score (nSPS) is 10.8. The Morgan fingerprint density at radius 3 is 2.52 bits per heavy atom. The van der Waals surface area contributed by atoms with Gasteiger partial charge in [-0.1, -0.05) is 18.2 Å². The van der Waals surface area contributed by atoms with Crippen LogP contribution in [0.2, 0.25) is 0 Å². The van der Waals surface area contributed by atoms with E-state index in [4.69, 9.17) is 5.26 Å². The number of sulfonamides is 1. The van der Waals surface area contributed by atoms with Crippen molar-refractivity contribution in [1.29, 1.82) is 5.26 Å². The van der Waals surface area contributed by atoms with Crippen LogP contribution in [0.25, 0.3) is 0 Å². The zero-order valence-corrected chi connectivity index (χ0v) is 13.9. The summed E-state index contributed by atoms with van der Waals surface area (Å²) in [5, 5.41) is 10.3. The van der Waals surface area contributed by atoms with E-state index in [9.17, 15) is 13.2 Å². The van der Waals surface area contributed by atoms with Crippen LogP contribution in [-0.4, -0.2) is 28.0 Å². The van der Waals surface area contributed by atoms with E-state index in [1.807, 2.05) is 6.07 Å². The molecule has 120 valence electrons. The Hall–Kier alpha value is -2.37. The summed E-state index contributed by atoms with van der Waals surface area (Å²) >= 11 is 1.07. The van der Waals surface area contributed by atoms with Gasteiger partial charge < -0.3 is 4.74 Å². The Kier molecular flexibility index (Phi) is 5.36. The van der Waals surface area contributed by atoms with Crippen LogP contribution in [-0.2, 0) is 26.0 Å². The molecule has 0 aliphatic rings. The van der Waals surface area contributed by atoms with E-state index in [-0.39, 0.29) is 10.6 Å². The fraction of sp³-hybridized carbons (Fsp3) is 0.200. The van der Waals surface area contributed by atoms with Crippen molar-refractivity contribution in [1.82, 2.24) is 0 Å². The number of benzene rings is 1. The van der Waals surface area contributed by atoms with Crippen LogP contribution in [0, 0.1) is 11.3 Å². The number of anilines is 1. The van der Waals surface area contributed by atoms with Crippen molar-refractivity contribution in [2.24, 2.45) is 0 Å². The number of hydrogen-bond acceptors (Lipinski definition) is 6. The molecule has 0 amide bonds. The molecule has 0 fully saturated rings. The maximum atomic E-state index is 12.7. The molecule has 0 unspecified atom stereocenters. The molecule has 2 rings (SSSR count). The SMILES string of the molecule is COC(=O)CN(c1ccc(CC#N)cc1)S(=O)(=O)c1cccs1. The van der Waals surface area contributed by atoms with Gasteiger partial charge in [0.25, 0.3) is 10.0 Å². The summed E-state index contributed by atoms with van der Waals surface area (Å²) in [6.45, 7) is -0.422. The third-order valence-electron chi connectivity index (χ3n) is 3.05. The number of methoxy groups -OCH3 is 1. The number of rotatable bonds is 6. The Balaban J connectivity index is 2.42. The first-order valence-corrected chi connectivity index (χ1v) is 8.90. The molecule has 0 spiro atoms. The molecule has 1 aromatic carbocycles. The van der Waals surface area contributed by atoms with E-state index in [2.05, 4.69) is 4.74 Å². The summed E-state index contributed by atoms with van der Waals surface area (Å²) in [7, 11) is -2.65. The van der Waals surface area contributed by atoms with Gasteiger partial charge in [0, 0.05) is 0 Å². The van der Waals surface area contributed by atoms with E-state index in [0.29, 0.717) is 5.69 Å². The summed E-state index contributed by atoms with van der Waals surface area (Å²) in [6, 6.07) is 11.6. The van der Waals surface area contributed by atoms with E-state index >= 15 is 0 Å². The molecule has 6 nitrogen and oxygen atoms in total. The fourth-order valence-electron chi connectivity index (χ4n) is 1.89. The number of carbonyl (C=O) groups is 1. The quantitative estimate of drug-likeness (QED) is 0.745. The van der Waals surface area contributed by atoms with E-state index in [1.54, 1.807) is 35.7 Å². The lowest BCUT2D eigenvalue weighted by Gasteiger charge is -2.22. The molecule has 0 aliphatic heterocycles. The van der Waals surface area contributed by atoms with Gasteiger partial charge in [-0.15, -0.1) is 11.3 Å². The molecule has 0 bridgehead atoms. The first-order valence-electron chi connectivity index (χ1n) is 6.58. The largest absolute Gasteiger partial charge is 0.468 e. The van der Waals surface area contributed by atoms with Gasteiger partial charge in [-0.2, -0.15) is 5.26 Å². The standard InChI is InChI=1S/C15H14N2O4S2/c1-21-14(18)11-17(23(19,20)15-3-2-10-22-15)13-6-4-12(5-7-13)8-9-16/h2-7,10H,8,11H2,1H3. The van der Waals surface area contributed by atoms with Gasteiger partial charge in [-0.05, 0) is 29.1 Å². The van der Waals surface area contributed by atoms with Crippen molar-refractivity contribution in [2.75, 3.05) is 18.0 Å². The molecule has 23 heavy (non-hydrogen) atoms. The zero-order chi connectivity index (χ0) is 16.9. The van der Waals surface area contributed by atoms with Crippen molar-refractivity contribution < 1.29 is 17.9 Å². The number of esters is 1. The van der Waals surface area contributed by atoms with Gasteiger partial charge >= 0.3 is 5.97 Å². The van der Waals surface area contributed by atoms with E-state index in [0.717, 1.165) is 21.2 Å². The maximum absolute atomic E-state index is 12.7. The minimum absolute atomic E-state index is 0.141. The lowest BCUT2D eigenvalue weighted by Crippen LogP contribution is -2.35. The second kappa shape index (κ2) is 7.26. The zero-order valence-electron chi connectivity index (χ0n) is 12.3. The van der Waals surface area contributed by atoms with Crippen molar-refractivity contribution in [3.8, 4) is 6.07 Å². The lowest BCUT2D eigenvalue weighted by molar-refractivity contribution is -0.138. The van der Waals surface area contributed by atoms with Gasteiger partial charge in [0.1, 0.15) is 10.8 Å². The molecule has 0 atom stereocenters. The number of thiophene rings is 1. The molecule has 0 aliphatic carbocycles. The maximum Gasteiger partial charge on any atom is 0.326 e. The number of nitriles is 1. The van der Waals surface area contributed by atoms with Gasteiger partial charge in [0.2, 0.25) is 0 Å². The highest BCUT2D eigenvalue weighted by Gasteiger charge is 2.28. The minimum Gasteiger partial charge on any atom is -0.468 e. The second-order valence-corrected chi connectivity index (χ2v) is 7.56. The highest BCUT2D eigenvalue weighted by Crippen LogP contribution is 2.26.